The predicted octanol–water partition coefficient (Wildman–Crippen LogP) is 17.2. The van der Waals surface area contributed by atoms with Crippen molar-refractivity contribution in [3.05, 3.63) is 0 Å². The molecule has 0 rings (SSSR count). The Hall–Kier alpha value is -1.59. The Bertz CT molecular complexity index is 931. The second-order valence-corrected chi connectivity index (χ2v) is 19.7. The third kappa shape index (κ3) is 45.9. The summed E-state index contributed by atoms with van der Waals surface area (Å²) in [6.07, 6.45) is 45.1. The van der Waals surface area contributed by atoms with Crippen molar-refractivity contribution >= 4 is 17.9 Å². The number of carbonyl (C=O) groups is 3. The van der Waals surface area contributed by atoms with Gasteiger partial charge < -0.3 is 14.2 Å². The van der Waals surface area contributed by atoms with Crippen LogP contribution in [0.4, 0.5) is 0 Å². The maximum absolute atomic E-state index is 12.8. The van der Waals surface area contributed by atoms with Crippen molar-refractivity contribution in [1.82, 2.24) is 0 Å². The molecule has 60 heavy (non-hydrogen) atoms. The first-order valence-electron chi connectivity index (χ1n) is 26.6. The highest BCUT2D eigenvalue weighted by atomic mass is 16.6. The van der Waals surface area contributed by atoms with Gasteiger partial charge in [-0.25, -0.2) is 0 Å². The van der Waals surface area contributed by atoms with Crippen molar-refractivity contribution in [3.8, 4) is 0 Å². The lowest BCUT2D eigenvalue weighted by molar-refractivity contribution is -0.167. The van der Waals surface area contributed by atoms with Gasteiger partial charge in [0.1, 0.15) is 13.2 Å². The third-order valence-electron chi connectivity index (χ3n) is 12.5. The van der Waals surface area contributed by atoms with E-state index in [1.165, 1.54) is 173 Å². The molecular formula is C54H104O6. The van der Waals surface area contributed by atoms with Crippen LogP contribution in [0.25, 0.3) is 0 Å². The third-order valence-corrected chi connectivity index (χ3v) is 12.5. The highest BCUT2D eigenvalue weighted by Gasteiger charge is 2.19. The average molecular weight is 849 g/mol. The molecule has 0 amide bonds. The zero-order valence-electron chi connectivity index (χ0n) is 41.3. The molecule has 0 N–H and O–H groups in total. The summed E-state index contributed by atoms with van der Waals surface area (Å²) in [5.74, 6) is 1.66. The van der Waals surface area contributed by atoms with E-state index in [1.807, 2.05) is 0 Å². The molecule has 0 spiro atoms. The van der Waals surface area contributed by atoms with Crippen LogP contribution in [0, 0.1) is 17.8 Å². The Labute approximate surface area is 374 Å². The van der Waals surface area contributed by atoms with E-state index in [1.54, 1.807) is 0 Å². The van der Waals surface area contributed by atoms with Crippen LogP contribution in [-0.4, -0.2) is 37.2 Å². The van der Waals surface area contributed by atoms with Crippen LogP contribution in [0.5, 0.6) is 0 Å². The number of hydrogen-bond acceptors (Lipinski definition) is 6. The molecule has 0 fully saturated rings. The van der Waals surface area contributed by atoms with Crippen molar-refractivity contribution in [2.75, 3.05) is 13.2 Å². The Morgan fingerprint density at radius 3 is 0.867 bits per heavy atom. The molecule has 0 aliphatic rings. The molecule has 1 unspecified atom stereocenters. The molecule has 0 aromatic rings. The van der Waals surface area contributed by atoms with Crippen LogP contribution in [0.2, 0.25) is 0 Å². The summed E-state index contributed by atoms with van der Waals surface area (Å²) in [7, 11) is 0. The molecule has 356 valence electrons. The molecule has 6 heteroatoms. The van der Waals surface area contributed by atoms with Crippen molar-refractivity contribution in [2.45, 2.75) is 298 Å². The molecule has 0 saturated heterocycles. The first-order valence-corrected chi connectivity index (χ1v) is 26.6. The second kappa shape index (κ2) is 45.4. The van der Waals surface area contributed by atoms with Gasteiger partial charge in [-0.15, -0.1) is 0 Å². The molecular weight excluding hydrogens is 745 g/mol. The van der Waals surface area contributed by atoms with E-state index in [0.29, 0.717) is 19.3 Å². The highest BCUT2D eigenvalue weighted by Crippen LogP contribution is 2.18. The number of carbonyl (C=O) groups excluding carboxylic acids is 3. The molecule has 0 bridgehead atoms. The van der Waals surface area contributed by atoms with Gasteiger partial charge in [-0.1, -0.05) is 253 Å². The lowest BCUT2D eigenvalue weighted by Crippen LogP contribution is -2.30. The molecule has 6 nitrogen and oxygen atoms in total. The van der Waals surface area contributed by atoms with Crippen molar-refractivity contribution in [1.29, 1.82) is 0 Å². The fraction of sp³-hybridized carbons (Fsp3) is 0.944. The maximum Gasteiger partial charge on any atom is 0.306 e. The van der Waals surface area contributed by atoms with E-state index in [2.05, 4.69) is 41.5 Å². The summed E-state index contributed by atoms with van der Waals surface area (Å²) in [6.45, 7) is 13.7. The topological polar surface area (TPSA) is 78.9 Å². The minimum absolute atomic E-state index is 0.0646. The van der Waals surface area contributed by atoms with Gasteiger partial charge in [-0.05, 0) is 37.0 Å². The zero-order chi connectivity index (χ0) is 44.2. The first kappa shape index (κ1) is 58.4. The van der Waals surface area contributed by atoms with E-state index in [9.17, 15) is 14.4 Å². The van der Waals surface area contributed by atoms with Gasteiger partial charge in [0.25, 0.3) is 0 Å². The van der Waals surface area contributed by atoms with Gasteiger partial charge in [-0.3, -0.25) is 14.4 Å². The van der Waals surface area contributed by atoms with Crippen LogP contribution in [0.3, 0.4) is 0 Å². The van der Waals surface area contributed by atoms with Crippen LogP contribution < -0.4 is 0 Å². The van der Waals surface area contributed by atoms with E-state index in [-0.39, 0.29) is 31.1 Å². The van der Waals surface area contributed by atoms with Crippen molar-refractivity contribution in [3.63, 3.8) is 0 Å². The number of ether oxygens (including phenoxy) is 3. The number of hydrogen-bond donors (Lipinski definition) is 0. The molecule has 0 aliphatic carbocycles. The quantitative estimate of drug-likeness (QED) is 0.0345. The molecule has 0 radical (unpaired) electrons. The Morgan fingerprint density at radius 2 is 0.583 bits per heavy atom. The van der Waals surface area contributed by atoms with E-state index >= 15 is 0 Å². The summed E-state index contributed by atoms with van der Waals surface area (Å²) in [6, 6.07) is 0. The summed E-state index contributed by atoms with van der Waals surface area (Å²) >= 11 is 0. The summed E-state index contributed by atoms with van der Waals surface area (Å²) in [5, 5.41) is 0. The standard InChI is InChI=1S/C54H104O6/c1-7-50(6)42-36-30-24-20-21-26-32-38-44-53(56)59-47-51(60-54(57)45-39-33-27-19-15-11-13-17-23-29-35-41-49(4)5)46-58-52(55)43-37-31-25-18-14-10-8-9-12-16-22-28-34-40-48(2)3/h48-51H,7-47H2,1-6H3/t50?,51-/m1/s1. The van der Waals surface area contributed by atoms with Gasteiger partial charge in [0.05, 0.1) is 0 Å². The van der Waals surface area contributed by atoms with Crippen LogP contribution in [-0.2, 0) is 28.6 Å². The van der Waals surface area contributed by atoms with E-state index in [4.69, 9.17) is 14.2 Å². The smallest absolute Gasteiger partial charge is 0.306 e. The largest absolute Gasteiger partial charge is 0.462 e. The Kier molecular flexibility index (Phi) is 44.2. The SMILES string of the molecule is CCC(C)CCCCCCCCCCC(=O)OC[C@@H](COC(=O)CCCCCCCCCCCCCCCC(C)C)OC(=O)CCCCCCCCCCCCCC(C)C. The fourth-order valence-corrected chi connectivity index (χ4v) is 8.08. The number of unbranched alkanes of at least 4 members (excludes halogenated alkanes) is 29. The molecule has 0 heterocycles. The van der Waals surface area contributed by atoms with Gasteiger partial charge in [0.2, 0.25) is 0 Å². The van der Waals surface area contributed by atoms with Crippen molar-refractivity contribution in [2.24, 2.45) is 17.8 Å². The van der Waals surface area contributed by atoms with Gasteiger partial charge >= 0.3 is 17.9 Å². The minimum Gasteiger partial charge on any atom is -0.462 e. The average Bonchev–Trinajstić information content (AvgIpc) is 3.22. The first-order chi connectivity index (χ1) is 29.1. The molecule has 0 aliphatic heterocycles. The van der Waals surface area contributed by atoms with Crippen LogP contribution in [0.15, 0.2) is 0 Å². The summed E-state index contributed by atoms with van der Waals surface area (Å²) in [4.78, 5) is 38.0. The second-order valence-electron chi connectivity index (χ2n) is 19.7. The summed E-state index contributed by atoms with van der Waals surface area (Å²) in [5.41, 5.74) is 0. The Balaban J connectivity index is 4.32. The van der Waals surface area contributed by atoms with Gasteiger partial charge in [0, 0.05) is 19.3 Å². The maximum atomic E-state index is 12.8. The summed E-state index contributed by atoms with van der Waals surface area (Å²) < 4.78 is 16.8. The van der Waals surface area contributed by atoms with Crippen molar-refractivity contribution < 1.29 is 28.6 Å². The van der Waals surface area contributed by atoms with Crippen LogP contribution >= 0.6 is 0 Å². The number of esters is 3. The molecule has 2 atom stereocenters. The van der Waals surface area contributed by atoms with E-state index in [0.717, 1.165) is 75.5 Å². The minimum atomic E-state index is -0.763. The number of rotatable bonds is 47. The monoisotopic (exact) mass is 849 g/mol. The predicted molar refractivity (Wildman–Crippen MR) is 256 cm³/mol. The van der Waals surface area contributed by atoms with E-state index < -0.39 is 6.10 Å². The lowest BCUT2D eigenvalue weighted by atomic mass is 9.99. The van der Waals surface area contributed by atoms with Crippen LogP contribution in [0.1, 0.15) is 292 Å². The normalized spacial score (nSPS) is 12.6. The zero-order valence-corrected chi connectivity index (χ0v) is 41.3. The molecule has 0 aromatic heterocycles. The van der Waals surface area contributed by atoms with Gasteiger partial charge in [0.15, 0.2) is 6.10 Å². The lowest BCUT2D eigenvalue weighted by Gasteiger charge is -2.18. The molecule has 0 aromatic carbocycles. The van der Waals surface area contributed by atoms with Gasteiger partial charge in [-0.2, -0.15) is 0 Å². The highest BCUT2D eigenvalue weighted by molar-refractivity contribution is 5.71. The fourth-order valence-electron chi connectivity index (χ4n) is 8.08. The Morgan fingerprint density at radius 1 is 0.333 bits per heavy atom. The molecule has 0 saturated carbocycles.